The fraction of sp³-hybridized carbons (Fsp3) is 0.450. The highest BCUT2D eigenvalue weighted by molar-refractivity contribution is 14.0. The van der Waals surface area contributed by atoms with Crippen molar-refractivity contribution in [2.75, 3.05) is 26.3 Å². The third-order valence-electron chi connectivity index (χ3n) is 4.26. The van der Waals surface area contributed by atoms with Crippen LogP contribution in [0.15, 0.2) is 40.0 Å². The summed E-state index contributed by atoms with van der Waals surface area (Å²) >= 11 is 1.74. The summed E-state index contributed by atoms with van der Waals surface area (Å²) in [6.07, 6.45) is 0.916. The van der Waals surface area contributed by atoms with Gasteiger partial charge in [-0.3, -0.25) is 0 Å². The maximum Gasteiger partial charge on any atom is 0.191 e. The highest BCUT2D eigenvalue weighted by Crippen LogP contribution is 2.30. The summed E-state index contributed by atoms with van der Waals surface area (Å²) < 4.78 is 11.4. The minimum absolute atomic E-state index is 0. The second-order valence-corrected chi connectivity index (χ2v) is 7.15. The summed E-state index contributed by atoms with van der Waals surface area (Å²) in [5.41, 5.74) is 2.47. The molecule has 0 aliphatic carbocycles. The van der Waals surface area contributed by atoms with E-state index in [9.17, 15) is 0 Å². The third-order valence-corrected chi connectivity index (χ3v) is 4.97. The molecule has 0 saturated heterocycles. The van der Waals surface area contributed by atoms with Gasteiger partial charge >= 0.3 is 0 Å². The molecule has 1 aromatic heterocycles. The maximum atomic E-state index is 5.76. The predicted octanol–water partition coefficient (Wildman–Crippen LogP) is 4.39. The fourth-order valence-electron chi connectivity index (χ4n) is 2.74. The average molecular weight is 501 g/mol. The minimum Gasteiger partial charge on any atom is -0.490 e. The van der Waals surface area contributed by atoms with Crippen molar-refractivity contribution in [2.45, 2.75) is 32.7 Å². The van der Waals surface area contributed by atoms with Gasteiger partial charge in [0.1, 0.15) is 0 Å². The molecule has 27 heavy (non-hydrogen) atoms. The number of hydrogen-bond donors (Lipinski definition) is 2. The van der Waals surface area contributed by atoms with E-state index in [-0.39, 0.29) is 24.0 Å². The van der Waals surface area contributed by atoms with Crippen LogP contribution < -0.4 is 20.1 Å². The Hall–Kier alpha value is -1.48. The normalized spacial score (nSPS) is 14.7. The Morgan fingerprint density at radius 1 is 1.19 bits per heavy atom. The highest BCUT2D eigenvalue weighted by Gasteiger charge is 2.11. The molecule has 5 nitrogen and oxygen atoms in total. The van der Waals surface area contributed by atoms with E-state index in [2.05, 4.69) is 47.4 Å². The minimum atomic E-state index is 0. The molecule has 2 N–H and O–H groups in total. The summed E-state index contributed by atoms with van der Waals surface area (Å²) in [4.78, 5) is 4.71. The molecule has 148 valence electrons. The molecule has 1 aliphatic heterocycles. The number of nitrogens with zero attached hydrogens (tertiary/aromatic N) is 1. The smallest absolute Gasteiger partial charge is 0.191 e. The topological polar surface area (TPSA) is 54.9 Å². The van der Waals surface area contributed by atoms with Crippen LogP contribution in [0.3, 0.4) is 0 Å². The van der Waals surface area contributed by atoms with Gasteiger partial charge < -0.3 is 20.1 Å². The van der Waals surface area contributed by atoms with Crippen molar-refractivity contribution in [3.05, 3.63) is 46.2 Å². The molecule has 2 heterocycles. The van der Waals surface area contributed by atoms with Crippen LogP contribution in [0.4, 0.5) is 0 Å². The van der Waals surface area contributed by atoms with Crippen molar-refractivity contribution in [3.63, 3.8) is 0 Å². The van der Waals surface area contributed by atoms with Gasteiger partial charge in [-0.1, -0.05) is 13.0 Å². The maximum absolute atomic E-state index is 5.76. The molecule has 0 fully saturated rings. The van der Waals surface area contributed by atoms with E-state index in [4.69, 9.17) is 14.5 Å². The first-order valence-electron chi connectivity index (χ1n) is 9.19. The molecule has 1 aromatic carbocycles. The zero-order valence-electron chi connectivity index (χ0n) is 15.9. The molecular formula is C20H28IN3O2S. The molecule has 0 spiro atoms. The number of ether oxygens (including phenoxy) is 2. The molecule has 1 aliphatic rings. The monoisotopic (exact) mass is 501 g/mol. The van der Waals surface area contributed by atoms with Gasteiger partial charge in [-0.05, 0) is 52.9 Å². The van der Waals surface area contributed by atoms with Crippen molar-refractivity contribution in [1.29, 1.82) is 0 Å². The predicted molar refractivity (Wildman–Crippen MR) is 123 cm³/mol. The molecule has 0 radical (unpaired) electrons. The van der Waals surface area contributed by atoms with E-state index in [0.717, 1.165) is 42.5 Å². The van der Waals surface area contributed by atoms with Crippen LogP contribution in [0.1, 0.15) is 37.3 Å². The van der Waals surface area contributed by atoms with Crippen molar-refractivity contribution in [1.82, 2.24) is 10.6 Å². The molecule has 0 bridgehead atoms. The lowest BCUT2D eigenvalue weighted by molar-refractivity contribution is 0.297. The summed E-state index contributed by atoms with van der Waals surface area (Å²) in [6.45, 7) is 7.99. The van der Waals surface area contributed by atoms with Crippen LogP contribution in [0.2, 0.25) is 0 Å². The van der Waals surface area contributed by atoms with E-state index < -0.39 is 0 Å². The van der Waals surface area contributed by atoms with E-state index in [1.165, 1.54) is 5.56 Å². The summed E-state index contributed by atoms with van der Waals surface area (Å²) in [5.74, 6) is 2.92. The van der Waals surface area contributed by atoms with Gasteiger partial charge in [-0.25, -0.2) is 4.99 Å². The summed E-state index contributed by atoms with van der Waals surface area (Å²) in [7, 11) is 0. The zero-order chi connectivity index (χ0) is 18.2. The number of guanidine groups is 1. The number of benzene rings is 1. The largest absolute Gasteiger partial charge is 0.490 e. The molecule has 1 unspecified atom stereocenters. The van der Waals surface area contributed by atoms with Gasteiger partial charge in [0, 0.05) is 19.5 Å². The van der Waals surface area contributed by atoms with Crippen LogP contribution in [-0.4, -0.2) is 32.3 Å². The first-order chi connectivity index (χ1) is 12.8. The van der Waals surface area contributed by atoms with Crippen LogP contribution in [0, 0.1) is 0 Å². The van der Waals surface area contributed by atoms with Crippen LogP contribution >= 0.6 is 35.3 Å². The lowest BCUT2D eigenvalue weighted by Crippen LogP contribution is -2.39. The Kier molecular flexibility index (Phi) is 9.20. The Bertz CT molecular complexity index is 722. The second-order valence-electron chi connectivity index (χ2n) is 6.37. The van der Waals surface area contributed by atoms with E-state index in [1.807, 2.05) is 12.1 Å². The number of hydrogen-bond acceptors (Lipinski definition) is 4. The Balaban J connectivity index is 0.00000261. The summed E-state index contributed by atoms with van der Waals surface area (Å²) in [5, 5.41) is 11.1. The molecule has 3 rings (SSSR count). The zero-order valence-corrected chi connectivity index (χ0v) is 19.0. The van der Waals surface area contributed by atoms with Crippen LogP contribution in [0.25, 0.3) is 0 Å². The van der Waals surface area contributed by atoms with Crippen LogP contribution in [-0.2, 0) is 6.54 Å². The van der Waals surface area contributed by atoms with Gasteiger partial charge in [-0.15, -0.1) is 24.0 Å². The number of halogens is 1. The molecule has 0 saturated carbocycles. The van der Waals surface area contributed by atoms with E-state index in [1.54, 1.807) is 11.3 Å². The quantitative estimate of drug-likeness (QED) is 0.351. The van der Waals surface area contributed by atoms with E-state index >= 15 is 0 Å². The first-order valence-corrected chi connectivity index (χ1v) is 10.1. The Morgan fingerprint density at radius 3 is 2.74 bits per heavy atom. The van der Waals surface area contributed by atoms with Gasteiger partial charge in [0.15, 0.2) is 17.5 Å². The van der Waals surface area contributed by atoms with Crippen molar-refractivity contribution in [2.24, 2.45) is 4.99 Å². The lowest BCUT2D eigenvalue weighted by Gasteiger charge is -2.15. The van der Waals surface area contributed by atoms with Gasteiger partial charge in [-0.2, -0.15) is 11.3 Å². The van der Waals surface area contributed by atoms with Crippen molar-refractivity contribution in [3.8, 4) is 11.5 Å². The summed E-state index contributed by atoms with van der Waals surface area (Å²) in [6, 6.07) is 8.24. The fourth-order valence-corrected chi connectivity index (χ4v) is 3.52. The average Bonchev–Trinajstić information content (AvgIpc) is 3.09. The number of rotatable bonds is 6. The lowest BCUT2D eigenvalue weighted by atomic mass is 10.1. The second kappa shape index (κ2) is 11.4. The standard InChI is InChI=1S/C20H27N3O2S.HI/c1-3-21-20(22-12-15(2)17-7-10-26-14-17)23-13-16-5-6-18-19(11-16)25-9-4-8-24-18;/h5-7,10-11,14-15H,3-4,8-9,12-13H2,1-2H3,(H2,21,22,23);1H. The number of fused-ring (bicyclic) bond motifs is 1. The molecular weight excluding hydrogens is 473 g/mol. The Morgan fingerprint density at radius 2 is 2.00 bits per heavy atom. The van der Waals surface area contributed by atoms with Gasteiger partial charge in [0.25, 0.3) is 0 Å². The number of thiophene rings is 1. The van der Waals surface area contributed by atoms with Crippen molar-refractivity contribution >= 4 is 41.3 Å². The molecule has 0 amide bonds. The highest BCUT2D eigenvalue weighted by atomic mass is 127. The molecule has 2 aromatic rings. The van der Waals surface area contributed by atoms with Gasteiger partial charge in [0.2, 0.25) is 0 Å². The molecule has 1 atom stereocenters. The SMILES string of the molecule is CCNC(=NCc1ccc2c(c1)OCCCO2)NCC(C)c1ccsc1.I. The van der Waals surface area contributed by atoms with Crippen LogP contribution in [0.5, 0.6) is 11.5 Å². The molecule has 7 heteroatoms. The van der Waals surface area contributed by atoms with E-state index in [0.29, 0.717) is 25.7 Å². The first kappa shape index (κ1) is 21.8. The van der Waals surface area contributed by atoms with Gasteiger partial charge in [0.05, 0.1) is 19.8 Å². The Labute approximate surface area is 182 Å². The number of nitrogens with one attached hydrogen (secondary N) is 2. The van der Waals surface area contributed by atoms with Crippen molar-refractivity contribution < 1.29 is 9.47 Å². The third kappa shape index (κ3) is 6.57. The number of aliphatic imine (C=N–C) groups is 1.